The van der Waals surface area contributed by atoms with E-state index < -0.39 is 5.60 Å². The van der Waals surface area contributed by atoms with Crippen LogP contribution >= 0.6 is 0 Å². The molecule has 1 amide bonds. The van der Waals surface area contributed by atoms with Crippen molar-refractivity contribution in [2.45, 2.75) is 39.7 Å². The van der Waals surface area contributed by atoms with Crippen molar-refractivity contribution in [3.05, 3.63) is 53.7 Å². The summed E-state index contributed by atoms with van der Waals surface area (Å²) in [4.78, 5) is 18.8. The molecule has 8 nitrogen and oxygen atoms in total. The lowest BCUT2D eigenvalue weighted by atomic mass is 9.99. The van der Waals surface area contributed by atoms with E-state index >= 15 is 0 Å². The molecule has 5 rings (SSSR count). The molecule has 0 saturated heterocycles. The third kappa shape index (κ3) is 4.35. The number of amides is 1. The number of rotatable bonds is 2. The Morgan fingerprint density at radius 1 is 1.15 bits per heavy atom. The molecule has 8 heteroatoms. The van der Waals surface area contributed by atoms with Gasteiger partial charge in [0.1, 0.15) is 5.60 Å². The van der Waals surface area contributed by atoms with Crippen LogP contribution in [0.1, 0.15) is 38.3 Å². The highest BCUT2D eigenvalue weighted by Crippen LogP contribution is 2.28. The van der Waals surface area contributed by atoms with E-state index in [9.17, 15) is 4.79 Å². The second-order valence-corrected chi connectivity index (χ2v) is 9.74. The molecule has 0 fully saturated rings. The van der Waals surface area contributed by atoms with E-state index in [2.05, 4.69) is 16.3 Å². The van der Waals surface area contributed by atoms with E-state index in [0.29, 0.717) is 24.5 Å². The Balaban J connectivity index is 1.38. The van der Waals surface area contributed by atoms with Crippen LogP contribution in [0, 0.1) is 6.92 Å². The van der Waals surface area contributed by atoms with Crippen molar-refractivity contribution in [3.63, 3.8) is 0 Å². The van der Waals surface area contributed by atoms with Crippen molar-refractivity contribution in [1.29, 1.82) is 0 Å². The van der Waals surface area contributed by atoms with Crippen LogP contribution in [0.15, 0.2) is 47.1 Å². The molecule has 0 atom stereocenters. The van der Waals surface area contributed by atoms with Gasteiger partial charge in [-0.15, -0.1) is 0 Å². The number of hydrogen-bond donors (Lipinski definition) is 0. The maximum Gasteiger partial charge on any atom is 0.425 e. The molecule has 1 aliphatic rings. The average molecular weight is 459 g/mol. The number of ether oxygens (including phenoxy) is 1. The minimum absolute atomic E-state index is 0.281. The Morgan fingerprint density at radius 3 is 2.71 bits per heavy atom. The molecule has 0 spiro atoms. The first-order valence-corrected chi connectivity index (χ1v) is 11.4. The zero-order chi connectivity index (χ0) is 24.0. The lowest BCUT2D eigenvalue weighted by molar-refractivity contribution is 0.0270. The number of aromatic nitrogens is 4. The van der Waals surface area contributed by atoms with Crippen LogP contribution in [0.4, 0.5) is 4.79 Å². The first-order chi connectivity index (χ1) is 16.2. The van der Waals surface area contributed by atoms with Crippen molar-refractivity contribution in [2.75, 3.05) is 13.1 Å². The highest BCUT2D eigenvalue weighted by molar-refractivity contribution is 5.87. The third-order valence-electron chi connectivity index (χ3n) is 5.82. The maximum absolute atomic E-state index is 12.3. The summed E-state index contributed by atoms with van der Waals surface area (Å²) in [5.41, 5.74) is 6.01. The van der Waals surface area contributed by atoms with E-state index in [-0.39, 0.29) is 6.09 Å². The van der Waals surface area contributed by atoms with Crippen LogP contribution in [0.2, 0.25) is 0 Å². The van der Waals surface area contributed by atoms with E-state index in [4.69, 9.17) is 14.2 Å². The molecule has 0 saturated carbocycles. The molecule has 3 heterocycles. The van der Waals surface area contributed by atoms with Crippen molar-refractivity contribution in [2.24, 2.45) is 7.05 Å². The summed E-state index contributed by atoms with van der Waals surface area (Å²) >= 11 is 0. The molecular weight excluding hydrogens is 430 g/mol. The van der Waals surface area contributed by atoms with E-state index in [0.717, 1.165) is 39.5 Å². The Kier molecular flexibility index (Phi) is 5.31. The predicted octanol–water partition coefficient (Wildman–Crippen LogP) is 5.39. The van der Waals surface area contributed by atoms with Crippen molar-refractivity contribution >= 4 is 33.7 Å². The minimum Gasteiger partial charge on any atom is -0.444 e. The molecule has 0 N–H and O–H groups in total. The summed E-state index contributed by atoms with van der Waals surface area (Å²) in [5, 5.41) is 9.83. The van der Waals surface area contributed by atoms with Gasteiger partial charge in [0.2, 0.25) is 0 Å². The normalized spacial score (nSPS) is 14.5. The van der Waals surface area contributed by atoms with Gasteiger partial charge in [-0.3, -0.25) is 4.68 Å². The predicted molar refractivity (Wildman–Crippen MR) is 131 cm³/mol. The van der Waals surface area contributed by atoms with Crippen LogP contribution in [-0.4, -0.2) is 49.6 Å². The lowest BCUT2D eigenvalue weighted by Gasteiger charge is -2.29. The van der Waals surface area contributed by atoms with Gasteiger partial charge in [-0.05, 0) is 69.0 Å². The number of fused-ring (bicyclic) bond motifs is 2. The van der Waals surface area contributed by atoms with Gasteiger partial charge >= 0.3 is 11.7 Å². The fourth-order valence-electron chi connectivity index (χ4n) is 4.21. The number of aryl methyl sites for hydroxylation is 2. The number of carbonyl (C=O) groups excluding carboxylic acids is 1. The van der Waals surface area contributed by atoms with Gasteiger partial charge in [-0.25, -0.2) is 9.78 Å². The van der Waals surface area contributed by atoms with Gasteiger partial charge in [-0.1, -0.05) is 16.7 Å². The Labute approximate surface area is 197 Å². The SMILES string of the molecule is Cc1cc(-c2n[o+]c3cc(C4=CCN(C(=O)OC(C)(C)C)CC4)ccc3n2)cc2cn(C)nc12. The second kappa shape index (κ2) is 8.20. The smallest absolute Gasteiger partial charge is 0.425 e. The molecule has 1 aliphatic heterocycles. The molecule has 0 aliphatic carbocycles. The topological polar surface area (TPSA) is 84.4 Å². The summed E-state index contributed by atoms with van der Waals surface area (Å²) in [6, 6.07) is 10.0. The zero-order valence-electron chi connectivity index (χ0n) is 20.1. The molecule has 0 bridgehead atoms. The van der Waals surface area contributed by atoms with Gasteiger partial charge in [0.05, 0.1) is 11.6 Å². The first-order valence-electron chi connectivity index (χ1n) is 11.4. The van der Waals surface area contributed by atoms with Gasteiger partial charge in [0.15, 0.2) is 10.7 Å². The maximum atomic E-state index is 12.3. The van der Waals surface area contributed by atoms with E-state index in [1.807, 2.05) is 71.3 Å². The second-order valence-electron chi connectivity index (χ2n) is 9.74. The third-order valence-corrected chi connectivity index (χ3v) is 5.82. The van der Waals surface area contributed by atoms with Crippen LogP contribution in [-0.2, 0) is 11.8 Å². The molecule has 2 aromatic carbocycles. The summed E-state index contributed by atoms with van der Waals surface area (Å²) in [7, 11) is 1.91. The Hall–Kier alpha value is -3.81. The average Bonchev–Trinajstić information content (AvgIpc) is 3.18. The zero-order valence-corrected chi connectivity index (χ0v) is 20.1. The molecular formula is C26H28N5O3+. The van der Waals surface area contributed by atoms with Gasteiger partial charge < -0.3 is 9.64 Å². The van der Waals surface area contributed by atoms with Gasteiger partial charge in [0, 0.05) is 37.3 Å². The molecule has 174 valence electrons. The lowest BCUT2D eigenvalue weighted by Crippen LogP contribution is -2.39. The van der Waals surface area contributed by atoms with Crippen molar-refractivity contribution in [3.8, 4) is 11.4 Å². The molecule has 4 aromatic rings. The van der Waals surface area contributed by atoms with Crippen LogP contribution in [0.3, 0.4) is 0 Å². The van der Waals surface area contributed by atoms with Gasteiger partial charge in [-0.2, -0.15) is 5.10 Å². The first kappa shape index (κ1) is 22.0. The molecule has 0 radical (unpaired) electrons. The van der Waals surface area contributed by atoms with Crippen molar-refractivity contribution in [1.82, 2.24) is 24.8 Å². The highest BCUT2D eigenvalue weighted by Gasteiger charge is 2.25. The van der Waals surface area contributed by atoms with Crippen LogP contribution in [0.25, 0.3) is 39.0 Å². The number of hydrogen-bond acceptors (Lipinski definition) is 5. The summed E-state index contributed by atoms with van der Waals surface area (Å²) in [6.07, 6.45) is 4.51. The quantitative estimate of drug-likeness (QED) is 0.375. The molecule has 0 unspecified atom stereocenters. The fraction of sp³-hybridized carbons (Fsp3) is 0.346. The van der Waals surface area contributed by atoms with E-state index in [1.54, 1.807) is 9.58 Å². The van der Waals surface area contributed by atoms with Crippen LogP contribution in [0.5, 0.6) is 0 Å². The number of carbonyl (C=O) groups is 1. The Bertz CT molecular complexity index is 1450. The minimum atomic E-state index is -0.498. The summed E-state index contributed by atoms with van der Waals surface area (Å²) < 4.78 is 13.0. The largest absolute Gasteiger partial charge is 0.444 e. The summed E-state index contributed by atoms with van der Waals surface area (Å²) in [6.45, 7) is 8.79. The number of nitrogens with zero attached hydrogens (tertiary/aromatic N) is 5. The van der Waals surface area contributed by atoms with Gasteiger partial charge in [0.25, 0.3) is 5.82 Å². The highest BCUT2D eigenvalue weighted by atomic mass is 16.6. The standard InChI is InChI=1S/C26H28N5O3/c1-16-12-19(13-20-15-30(5)28-23(16)20)24-27-21-7-6-18(14-22(21)34-29-24)17-8-10-31(11-9-17)25(32)33-26(2,3)4/h6-8,12-15H,9-11H2,1-5H3/q+1. The fourth-order valence-corrected chi connectivity index (χ4v) is 4.21. The monoisotopic (exact) mass is 458 g/mol. The van der Waals surface area contributed by atoms with Crippen LogP contribution < -0.4 is 0 Å². The molecule has 34 heavy (non-hydrogen) atoms. The number of benzene rings is 2. The Morgan fingerprint density at radius 2 is 1.97 bits per heavy atom. The van der Waals surface area contributed by atoms with E-state index in [1.165, 1.54) is 5.57 Å². The van der Waals surface area contributed by atoms with Crippen molar-refractivity contribution < 1.29 is 14.1 Å². The molecule has 2 aromatic heterocycles. The summed E-state index contributed by atoms with van der Waals surface area (Å²) in [5.74, 6) is 0.541.